The lowest BCUT2D eigenvalue weighted by Crippen LogP contribution is -2.36. The van der Waals surface area contributed by atoms with Gasteiger partial charge in [-0.1, -0.05) is 0 Å². The lowest BCUT2D eigenvalue weighted by atomic mass is 9.74. The van der Waals surface area contributed by atoms with Gasteiger partial charge in [0, 0.05) is 24.7 Å². The van der Waals surface area contributed by atoms with Crippen molar-refractivity contribution < 1.29 is 14.6 Å². The van der Waals surface area contributed by atoms with E-state index in [9.17, 15) is 9.90 Å². The summed E-state index contributed by atoms with van der Waals surface area (Å²) in [5.74, 6) is 1.42. The van der Waals surface area contributed by atoms with Crippen molar-refractivity contribution in [2.75, 3.05) is 13.7 Å². The second kappa shape index (κ2) is 8.59. The van der Waals surface area contributed by atoms with Crippen molar-refractivity contribution in [3.05, 3.63) is 57.5 Å². The fourth-order valence-electron chi connectivity index (χ4n) is 4.36. The van der Waals surface area contributed by atoms with Crippen molar-refractivity contribution in [2.24, 2.45) is 12.0 Å². The van der Waals surface area contributed by atoms with Gasteiger partial charge in [0.15, 0.2) is 11.5 Å². The summed E-state index contributed by atoms with van der Waals surface area (Å²) >= 11 is 0. The zero-order valence-electron chi connectivity index (χ0n) is 16.9. The Kier molecular flexibility index (Phi) is 6.34. The summed E-state index contributed by atoms with van der Waals surface area (Å²) in [6.07, 6.45) is 3.62. The molecular formula is C22H27ClN2O4. The minimum atomic E-state index is -0.326. The fourth-order valence-corrected chi connectivity index (χ4v) is 4.36. The lowest BCUT2D eigenvalue weighted by Gasteiger charge is -2.37. The lowest BCUT2D eigenvalue weighted by molar-refractivity contribution is 0.111. The Bertz CT molecular complexity index is 985. The van der Waals surface area contributed by atoms with Crippen LogP contribution in [0.2, 0.25) is 0 Å². The maximum absolute atomic E-state index is 12.8. The molecule has 4 rings (SSSR count). The van der Waals surface area contributed by atoms with Crippen LogP contribution < -0.4 is 15.0 Å². The predicted molar refractivity (Wildman–Crippen MR) is 115 cm³/mol. The molecule has 1 fully saturated rings. The van der Waals surface area contributed by atoms with Crippen molar-refractivity contribution in [3.63, 3.8) is 0 Å². The number of aliphatic imine (C=N–C) groups is 1. The molecule has 0 saturated heterocycles. The van der Waals surface area contributed by atoms with Gasteiger partial charge in [-0.3, -0.25) is 9.79 Å². The van der Waals surface area contributed by atoms with Crippen LogP contribution >= 0.6 is 12.4 Å². The second-order valence-electron chi connectivity index (χ2n) is 7.48. The topological polar surface area (TPSA) is 73.0 Å². The van der Waals surface area contributed by atoms with Gasteiger partial charge in [0.1, 0.15) is 0 Å². The fraction of sp³-hybridized carbons (Fsp3) is 0.455. The van der Waals surface area contributed by atoms with E-state index in [1.165, 1.54) is 0 Å². The molecule has 0 radical (unpaired) electrons. The maximum Gasteiger partial charge on any atom is 0.259 e. The summed E-state index contributed by atoms with van der Waals surface area (Å²) < 4.78 is 12.9. The van der Waals surface area contributed by atoms with Crippen LogP contribution in [0.15, 0.2) is 40.2 Å². The first-order valence-electron chi connectivity index (χ1n) is 9.80. The molecular weight excluding hydrogens is 392 g/mol. The SMILES string of the molecule is CCOc1cc2c(cc1OC)C(c1cccn(C)c1=O)=N[C@@H]1CC[C@@H](O)C[C@H]21.Cl. The highest BCUT2D eigenvalue weighted by molar-refractivity contribution is 6.14. The molecule has 29 heavy (non-hydrogen) atoms. The van der Waals surface area contributed by atoms with Gasteiger partial charge in [0.05, 0.1) is 37.1 Å². The standard InChI is InChI=1S/C22H26N2O4.ClH/c1-4-28-20-11-15-16-10-13(25)7-8-18(16)23-21(17(15)12-19(20)27-3)14-6-5-9-24(2)22(14)26;/h5-6,9,11-13,16,18,25H,4,7-8,10H2,1-3H3;1H/t13-,16-,18-;/m1./s1. The van der Waals surface area contributed by atoms with Crippen LogP contribution in [0.1, 0.15) is 48.8 Å². The molecule has 0 amide bonds. The van der Waals surface area contributed by atoms with Gasteiger partial charge in [-0.25, -0.2) is 0 Å². The Labute approximate surface area is 176 Å². The highest BCUT2D eigenvalue weighted by Crippen LogP contribution is 2.44. The van der Waals surface area contributed by atoms with E-state index >= 15 is 0 Å². The van der Waals surface area contributed by atoms with E-state index in [0.717, 1.165) is 24.0 Å². The number of aryl methyl sites for hydroxylation is 1. The van der Waals surface area contributed by atoms with Gasteiger partial charge in [-0.15, -0.1) is 12.4 Å². The first-order valence-corrected chi connectivity index (χ1v) is 9.80. The van der Waals surface area contributed by atoms with Crippen LogP contribution in [0.25, 0.3) is 0 Å². The molecule has 6 nitrogen and oxygen atoms in total. The van der Waals surface area contributed by atoms with Gasteiger partial charge in [0.25, 0.3) is 5.56 Å². The Morgan fingerprint density at radius 3 is 2.76 bits per heavy atom. The molecule has 0 bridgehead atoms. The van der Waals surface area contributed by atoms with Crippen LogP contribution in [-0.2, 0) is 7.05 Å². The van der Waals surface area contributed by atoms with E-state index in [2.05, 4.69) is 0 Å². The predicted octanol–water partition coefficient (Wildman–Crippen LogP) is 3.06. The van der Waals surface area contributed by atoms with Crippen molar-refractivity contribution in [2.45, 2.75) is 44.2 Å². The van der Waals surface area contributed by atoms with Gasteiger partial charge >= 0.3 is 0 Å². The van der Waals surface area contributed by atoms with Crippen molar-refractivity contribution in [3.8, 4) is 11.5 Å². The average Bonchev–Trinajstić information content (AvgIpc) is 2.69. The molecule has 0 unspecified atom stereocenters. The third kappa shape index (κ3) is 3.79. The van der Waals surface area contributed by atoms with E-state index in [4.69, 9.17) is 14.5 Å². The van der Waals surface area contributed by atoms with Crippen LogP contribution in [0.3, 0.4) is 0 Å². The molecule has 1 aromatic heterocycles. The van der Waals surface area contributed by atoms with Crippen molar-refractivity contribution >= 4 is 18.1 Å². The van der Waals surface area contributed by atoms with E-state index < -0.39 is 0 Å². The number of nitrogens with zero attached hydrogens (tertiary/aromatic N) is 2. The average molecular weight is 419 g/mol. The Balaban J connectivity index is 0.00000240. The van der Waals surface area contributed by atoms with Crippen LogP contribution in [0.5, 0.6) is 11.5 Å². The number of aliphatic hydroxyl groups is 1. The number of halogens is 1. The third-order valence-corrected chi connectivity index (χ3v) is 5.75. The highest BCUT2D eigenvalue weighted by atomic mass is 35.5. The largest absolute Gasteiger partial charge is 0.493 e. The molecule has 1 N–H and O–H groups in total. The van der Waals surface area contributed by atoms with Crippen LogP contribution in [0, 0.1) is 0 Å². The number of fused-ring (bicyclic) bond motifs is 3. The number of pyridine rings is 1. The zero-order chi connectivity index (χ0) is 19.8. The van der Waals surface area contributed by atoms with E-state index in [1.54, 1.807) is 24.9 Å². The number of hydrogen-bond acceptors (Lipinski definition) is 5. The van der Waals surface area contributed by atoms with Crippen LogP contribution in [0.4, 0.5) is 0 Å². The smallest absolute Gasteiger partial charge is 0.259 e. The Hall–Kier alpha value is -2.31. The molecule has 1 saturated carbocycles. The molecule has 0 spiro atoms. The first-order chi connectivity index (χ1) is 13.5. The Morgan fingerprint density at radius 2 is 2.03 bits per heavy atom. The minimum absolute atomic E-state index is 0. The number of ether oxygens (including phenoxy) is 2. The molecule has 156 valence electrons. The minimum Gasteiger partial charge on any atom is -0.493 e. The van der Waals surface area contributed by atoms with E-state index in [0.29, 0.717) is 35.8 Å². The number of hydrogen-bond donors (Lipinski definition) is 1. The number of benzene rings is 1. The zero-order valence-corrected chi connectivity index (χ0v) is 17.7. The summed E-state index contributed by atoms with van der Waals surface area (Å²) in [6, 6.07) is 7.67. The molecule has 2 aliphatic rings. The summed E-state index contributed by atoms with van der Waals surface area (Å²) in [5, 5.41) is 10.3. The second-order valence-corrected chi connectivity index (χ2v) is 7.48. The van der Waals surface area contributed by atoms with E-state index in [1.807, 2.05) is 31.2 Å². The number of rotatable bonds is 4. The summed E-state index contributed by atoms with van der Waals surface area (Å²) in [6.45, 7) is 2.47. The summed E-state index contributed by atoms with van der Waals surface area (Å²) in [5.41, 5.74) is 3.18. The molecule has 2 heterocycles. The molecule has 1 aliphatic carbocycles. The van der Waals surface area contributed by atoms with Crippen molar-refractivity contribution in [1.29, 1.82) is 0 Å². The molecule has 3 atom stereocenters. The van der Waals surface area contributed by atoms with E-state index in [-0.39, 0.29) is 36.0 Å². The monoisotopic (exact) mass is 418 g/mol. The van der Waals surface area contributed by atoms with Gasteiger partial charge in [0.2, 0.25) is 0 Å². The normalized spacial score (nSPS) is 22.6. The highest BCUT2D eigenvalue weighted by Gasteiger charge is 2.37. The number of methoxy groups -OCH3 is 1. The molecule has 7 heteroatoms. The van der Waals surface area contributed by atoms with Crippen LogP contribution in [-0.4, -0.2) is 41.2 Å². The number of aliphatic hydroxyl groups excluding tert-OH is 1. The van der Waals surface area contributed by atoms with Gasteiger partial charge in [-0.05, 0) is 56.0 Å². The molecule has 1 aromatic carbocycles. The first kappa shape index (κ1) is 21.4. The summed E-state index contributed by atoms with van der Waals surface area (Å²) in [7, 11) is 3.35. The quantitative estimate of drug-likeness (QED) is 0.828. The maximum atomic E-state index is 12.8. The third-order valence-electron chi connectivity index (χ3n) is 5.75. The Morgan fingerprint density at radius 1 is 1.24 bits per heavy atom. The van der Waals surface area contributed by atoms with Gasteiger partial charge in [-0.2, -0.15) is 0 Å². The van der Waals surface area contributed by atoms with Gasteiger partial charge < -0.3 is 19.1 Å². The molecule has 1 aliphatic heterocycles. The summed E-state index contributed by atoms with van der Waals surface area (Å²) in [4.78, 5) is 17.8. The van der Waals surface area contributed by atoms with Crippen molar-refractivity contribution in [1.82, 2.24) is 4.57 Å². The molecule has 2 aromatic rings. The number of aromatic nitrogens is 1.